The molecule has 1 fully saturated rings. The minimum atomic E-state index is -0.0384. The van der Waals surface area contributed by atoms with E-state index in [2.05, 4.69) is 5.16 Å². The van der Waals surface area contributed by atoms with Crippen LogP contribution in [0.15, 0.2) is 16.9 Å². The maximum Gasteiger partial charge on any atom is 0.276 e. The molecule has 0 saturated carbocycles. The van der Waals surface area contributed by atoms with E-state index >= 15 is 0 Å². The van der Waals surface area contributed by atoms with Crippen molar-refractivity contribution in [2.24, 2.45) is 0 Å². The standard InChI is InChI=1S/C11H15ClN2O2/c12-6-4-9-3-1-2-7-14(9)11(15)10-5-8-16-13-10/h5,8-9H,1-4,6-7H2. The minimum Gasteiger partial charge on any atom is -0.364 e. The molecule has 1 aromatic rings. The molecule has 1 aliphatic rings. The Labute approximate surface area is 99.5 Å². The van der Waals surface area contributed by atoms with E-state index in [4.69, 9.17) is 16.1 Å². The number of carbonyl (C=O) groups excluding carboxylic acids is 1. The number of halogens is 1. The monoisotopic (exact) mass is 242 g/mol. The van der Waals surface area contributed by atoms with Crippen LogP contribution in [0.3, 0.4) is 0 Å². The molecule has 4 nitrogen and oxygen atoms in total. The van der Waals surface area contributed by atoms with Crippen LogP contribution in [0.1, 0.15) is 36.2 Å². The molecule has 0 aliphatic carbocycles. The molecule has 2 rings (SSSR count). The lowest BCUT2D eigenvalue weighted by molar-refractivity contribution is 0.0598. The molecular weight excluding hydrogens is 228 g/mol. The quantitative estimate of drug-likeness (QED) is 0.764. The highest BCUT2D eigenvalue weighted by Gasteiger charge is 2.28. The molecule has 1 atom stereocenters. The van der Waals surface area contributed by atoms with Crippen molar-refractivity contribution in [3.63, 3.8) is 0 Å². The molecule has 5 heteroatoms. The number of likely N-dealkylation sites (tertiary alicyclic amines) is 1. The lowest BCUT2D eigenvalue weighted by Gasteiger charge is -2.35. The molecule has 1 aliphatic heterocycles. The van der Waals surface area contributed by atoms with Gasteiger partial charge in [0.25, 0.3) is 5.91 Å². The highest BCUT2D eigenvalue weighted by Crippen LogP contribution is 2.21. The summed E-state index contributed by atoms with van der Waals surface area (Å²) in [4.78, 5) is 14.0. The van der Waals surface area contributed by atoms with Gasteiger partial charge in [0.15, 0.2) is 5.69 Å². The van der Waals surface area contributed by atoms with E-state index in [0.717, 1.165) is 25.8 Å². The summed E-state index contributed by atoms with van der Waals surface area (Å²) in [5.41, 5.74) is 0.390. The Hall–Kier alpha value is -1.03. The minimum absolute atomic E-state index is 0.0384. The molecule has 0 bridgehead atoms. The van der Waals surface area contributed by atoms with Crippen LogP contribution in [-0.4, -0.2) is 34.4 Å². The van der Waals surface area contributed by atoms with Gasteiger partial charge in [0, 0.05) is 24.5 Å². The van der Waals surface area contributed by atoms with Gasteiger partial charge in [-0.3, -0.25) is 4.79 Å². The van der Waals surface area contributed by atoms with Crippen molar-refractivity contribution in [3.8, 4) is 0 Å². The van der Waals surface area contributed by atoms with Gasteiger partial charge in [-0.2, -0.15) is 0 Å². The Morgan fingerprint density at radius 3 is 3.19 bits per heavy atom. The summed E-state index contributed by atoms with van der Waals surface area (Å²) < 4.78 is 4.70. The number of rotatable bonds is 3. The largest absolute Gasteiger partial charge is 0.364 e. The van der Waals surface area contributed by atoms with Gasteiger partial charge in [0.05, 0.1) is 0 Å². The van der Waals surface area contributed by atoms with E-state index in [-0.39, 0.29) is 11.9 Å². The van der Waals surface area contributed by atoms with E-state index in [1.165, 1.54) is 12.7 Å². The molecule has 88 valence electrons. The fraction of sp³-hybridized carbons (Fsp3) is 0.636. The first kappa shape index (κ1) is 11.5. The van der Waals surface area contributed by atoms with Crippen LogP contribution in [0.2, 0.25) is 0 Å². The predicted molar refractivity (Wildman–Crippen MR) is 60.5 cm³/mol. The van der Waals surface area contributed by atoms with Crippen LogP contribution in [0.5, 0.6) is 0 Å². The third kappa shape index (κ3) is 2.38. The maximum atomic E-state index is 12.1. The van der Waals surface area contributed by atoms with Gasteiger partial charge in [0.1, 0.15) is 6.26 Å². The number of piperidine rings is 1. The highest BCUT2D eigenvalue weighted by molar-refractivity contribution is 6.17. The summed E-state index contributed by atoms with van der Waals surface area (Å²) >= 11 is 5.76. The van der Waals surface area contributed by atoms with Gasteiger partial charge in [-0.15, -0.1) is 11.6 Å². The smallest absolute Gasteiger partial charge is 0.276 e. The Balaban J connectivity index is 2.08. The van der Waals surface area contributed by atoms with E-state index in [1.807, 2.05) is 4.90 Å². The normalized spacial score (nSPS) is 21.1. The SMILES string of the molecule is O=C(c1ccon1)N1CCCCC1CCCl. The van der Waals surface area contributed by atoms with Crippen LogP contribution in [0.25, 0.3) is 0 Å². The second-order valence-corrected chi connectivity index (χ2v) is 4.39. The van der Waals surface area contributed by atoms with Crippen LogP contribution < -0.4 is 0 Å². The third-order valence-corrected chi connectivity index (χ3v) is 3.21. The van der Waals surface area contributed by atoms with Crippen LogP contribution in [-0.2, 0) is 0 Å². The summed E-state index contributed by atoms with van der Waals surface area (Å²) in [7, 11) is 0. The van der Waals surface area contributed by atoms with Crippen LogP contribution >= 0.6 is 11.6 Å². The molecular formula is C11H15ClN2O2. The molecule has 0 aromatic carbocycles. The zero-order valence-corrected chi connectivity index (χ0v) is 9.82. The van der Waals surface area contributed by atoms with Gasteiger partial charge < -0.3 is 9.42 Å². The van der Waals surface area contributed by atoms with Crippen molar-refractivity contribution in [1.29, 1.82) is 0 Å². The van der Waals surface area contributed by atoms with Gasteiger partial charge >= 0.3 is 0 Å². The number of hydrogen-bond acceptors (Lipinski definition) is 3. The lowest BCUT2D eigenvalue weighted by atomic mass is 9.99. The van der Waals surface area contributed by atoms with Crippen molar-refractivity contribution >= 4 is 17.5 Å². The number of aromatic nitrogens is 1. The predicted octanol–water partition coefficient (Wildman–Crippen LogP) is 2.30. The fourth-order valence-corrected chi connectivity index (χ4v) is 2.42. The first-order valence-corrected chi connectivity index (χ1v) is 6.13. The first-order chi connectivity index (χ1) is 7.83. The summed E-state index contributed by atoms with van der Waals surface area (Å²) in [5.74, 6) is 0.552. The van der Waals surface area contributed by atoms with E-state index < -0.39 is 0 Å². The van der Waals surface area contributed by atoms with Crippen molar-refractivity contribution in [3.05, 3.63) is 18.0 Å². The van der Waals surface area contributed by atoms with Crippen molar-refractivity contribution in [1.82, 2.24) is 10.1 Å². The number of carbonyl (C=O) groups is 1. The number of amides is 1. The van der Waals surface area contributed by atoms with Gasteiger partial charge in [-0.05, 0) is 25.7 Å². The average Bonchev–Trinajstić information content (AvgIpc) is 2.83. The second kappa shape index (κ2) is 5.34. The zero-order valence-electron chi connectivity index (χ0n) is 9.06. The van der Waals surface area contributed by atoms with Crippen molar-refractivity contribution in [2.45, 2.75) is 31.7 Å². The highest BCUT2D eigenvalue weighted by atomic mass is 35.5. The summed E-state index contributed by atoms with van der Waals surface area (Å²) in [6.07, 6.45) is 5.54. The molecule has 0 spiro atoms. The zero-order chi connectivity index (χ0) is 11.4. The summed E-state index contributed by atoms with van der Waals surface area (Å²) in [6.45, 7) is 0.799. The number of alkyl halides is 1. The molecule has 0 radical (unpaired) electrons. The molecule has 1 amide bonds. The summed E-state index contributed by atoms with van der Waals surface area (Å²) in [6, 6.07) is 1.87. The second-order valence-electron chi connectivity index (χ2n) is 4.01. The molecule has 1 unspecified atom stereocenters. The van der Waals surface area contributed by atoms with Crippen molar-refractivity contribution in [2.75, 3.05) is 12.4 Å². The maximum absolute atomic E-state index is 12.1. The molecule has 2 heterocycles. The fourth-order valence-electron chi connectivity index (χ4n) is 2.16. The summed E-state index contributed by atoms with van der Waals surface area (Å²) in [5, 5.41) is 3.69. The Bertz CT molecular complexity index is 338. The molecule has 0 N–H and O–H groups in total. The molecule has 1 aromatic heterocycles. The van der Waals surface area contributed by atoms with Gasteiger partial charge in [-0.1, -0.05) is 5.16 Å². The van der Waals surface area contributed by atoms with E-state index in [1.54, 1.807) is 6.07 Å². The van der Waals surface area contributed by atoms with Crippen LogP contribution in [0, 0.1) is 0 Å². The topological polar surface area (TPSA) is 46.3 Å². The number of nitrogens with zero attached hydrogens (tertiary/aromatic N) is 2. The Morgan fingerprint density at radius 1 is 1.62 bits per heavy atom. The van der Waals surface area contributed by atoms with E-state index in [9.17, 15) is 4.79 Å². The Morgan fingerprint density at radius 2 is 2.50 bits per heavy atom. The number of hydrogen-bond donors (Lipinski definition) is 0. The molecule has 1 saturated heterocycles. The first-order valence-electron chi connectivity index (χ1n) is 5.60. The van der Waals surface area contributed by atoms with Gasteiger partial charge in [-0.25, -0.2) is 0 Å². The van der Waals surface area contributed by atoms with Crippen molar-refractivity contribution < 1.29 is 9.32 Å². The molecule has 16 heavy (non-hydrogen) atoms. The average molecular weight is 243 g/mol. The van der Waals surface area contributed by atoms with E-state index in [0.29, 0.717) is 11.6 Å². The Kier molecular flexibility index (Phi) is 3.83. The third-order valence-electron chi connectivity index (χ3n) is 2.99. The van der Waals surface area contributed by atoms with Crippen LogP contribution in [0.4, 0.5) is 0 Å². The van der Waals surface area contributed by atoms with Gasteiger partial charge in [0.2, 0.25) is 0 Å². The lowest BCUT2D eigenvalue weighted by Crippen LogP contribution is -2.44.